The molecular formula is C17H26N4O2. The predicted molar refractivity (Wildman–Crippen MR) is 87.2 cm³/mol. The third-order valence-corrected chi connectivity index (χ3v) is 4.72. The number of amides is 2. The van der Waals surface area contributed by atoms with Gasteiger partial charge in [-0.2, -0.15) is 0 Å². The van der Waals surface area contributed by atoms with Crippen LogP contribution in [0.3, 0.4) is 0 Å². The highest BCUT2D eigenvalue weighted by molar-refractivity contribution is 5.94. The van der Waals surface area contributed by atoms with Crippen molar-refractivity contribution < 1.29 is 9.59 Å². The van der Waals surface area contributed by atoms with E-state index in [9.17, 15) is 9.59 Å². The van der Waals surface area contributed by atoms with Gasteiger partial charge in [0.25, 0.3) is 5.91 Å². The highest BCUT2D eigenvalue weighted by Gasteiger charge is 2.39. The third-order valence-electron chi connectivity index (χ3n) is 4.72. The Labute approximate surface area is 137 Å². The number of hydrogen-bond acceptors (Lipinski definition) is 3. The Bertz CT molecular complexity index is 654. The van der Waals surface area contributed by atoms with Crippen LogP contribution in [0.15, 0.2) is 0 Å². The van der Waals surface area contributed by atoms with Crippen LogP contribution in [-0.2, 0) is 11.2 Å². The van der Waals surface area contributed by atoms with Crippen molar-refractivity contribution in [2.24, 2.45) is 5.41 Å². The van der Waals surface area contributed by atoms with Crippen LogP contribution >= 0.6 is 0 Å². The molecule has 6 nitrogen and oxygen atoms in total. The lowest BCUT2D eigenvalue weighted by Gasteiger charge is -2.31. The van der Waals surface area contributed by atoms with E-state index in [1.54, 1.807) is 0 Å². The molecule has 2 aliphatic rings. The summed E-state index contributed by atoms with van der Waals surface area (Å²) < 4.78 is 0. The first-order valence-corrected chi connectivity index (χ1v) is 8.24. The smallest absolute Gasteiger partial charge is 0.271 e. The zero-order valence-corrected chi connectivity index (χ0v) is 14.6. The molecule has 2 N–H and O–H groups in total. The van der Waals surface area contributed by atoms with Gasteiger partial charge in [-0.25, -0.2) is 4.98 Å². The highest BCUT2D eigenvalue weighted by atomic mass is 16.2. The fourth-order valence-electron chi connectivity index (χ4n) is 3.42. The molecule has 126 valence electrons. The summed E-state index contributed by atoms with van der Waals surface area (Å²) in [6.45, 7) is 11.7. The number of likely N-dealkylation sites (tertiary alicyclic amines) is 1. The average Bonchev–Trinajstić information content (AvgIpc) is 2.96. The first-order chi connectivity index (χ1) is 10.6. The molecule has 3 rings (SSSR count). The molecule has 0 saturated carbocycles. The molecule has 2 amide bonds. The van der Waals surface area contributed by atoms with Crippen LogP contribution in [-0.4, -0.2) is 45.3 Å². The van der Waals surface area contributed by atoms with Gasteiger partial charge >= 0.3 is 0 Å². The van der Waals surface area contributed by atoms with Crippen molar-refractivity contribution in [3.8, 4) is 0 Å². The Hall–Kier alpha value is -1.85. The Kier molecular flexibility index (Phi) is 3.54. The van der Waals surface area contributed by atoms with E-state index in [1.165, 1.54) is 0 Å². The van der Waals surface area contributed by atoms with Gasteiger partial charge in [0.15, 0.2) is 0 Å². The van der Waals surface area contributed by atoms with E-state index in [4.69, 9.17) is 0 Å². The van der Waals surface area contributed by atoms with Gasteiger partial charge in [0.05, 0.1) is 0 Å². The second-order valence-electron chi connectivity index (χ2n) is 8.55. The van der Waals surface area contributed by atoms with Crippen LogP contribution in [0.4, 0.5) is 0 Å². The molecular weight excluding hydrogens is 292 g/mol. The normalized spacial score (nSPS) is 24.4. The summed E-state index contributed by atoms with van der Waals surface area (Å²) in [5, 5.41) is 2.94. The minimum Gasteiger partial charge on any atom is -0.350 e. The molecule has 6 heteroatoms. The van der Waals surface area contributed by atoms with Gasteiger partial charge in [-0.1, -0.05) is 13.8 Å². The molecule has 2 aliphatic heterocycles. The zero-order valence-electron chi connectivity index (χ0n) is 14.6. The second kappa shape index (κ2) is 5.08. The second-order valence-corrected chi connectivity index (χ2v) is 8.55. The largest absolute Gasteiger partial charge is 0.350 e. The quantitative estimate of drug-likeness (QED) is 0.829. The fourth-order valence-corrected chi connectivity index (χ4v) is 3.42. The van der Waals surface area contributed by atoms with Crippen LogP contribution in [0.5, 0.6) is 0 Å². The molecule has 1 unspecified atom stereocenters. The van der Waals surface area contributed by atoms with E-state index in [2.05, 4.69) is 29.1 Å². The standard InChI is InChI=1S/C17H26N4O2/c1-16(2,3)21-8-10(6-12(21)22)14-19-11-7-17(4,5)9-18-15(23)13(11)20-14/h10H,6-9H2,1-5H3,(H,18,23)(H,19,20). The van der Waals surface area contributed by atoms with Crippen molar-refractivity contribution in [2.75, 3.05) is 13.1 Å². The van der Waals surface area contributed by atoms with Crippen molar-refractivity contribution in [3.63, 3.8) is 0 Å². The maximum absolute atomic E-state index is 12.3. The Morgan fingerprint density at radius 2 is 1.96 bits per heavy atom. The lowest BCUT2D eigenvalue weighted by atomic mass is 9.88. The van der Waals surface area contributed by atoms with E-state index < -0.39 is 0 Å². The number of carbonyl (C=O) groups is 2. The Morgan fingerprint density at radius 3 is 2.57 bits per heavy atom. The summed E-state index contributed by atoms with van der Waals surface area (Å²) in [5.41, 5.74) is 1.19. The highest BCUT2D eigenvalue weighted by Crippen LogP contribution is 2.33. The molecule has 1 aromatic heterocycles. The molecule has 1 fully saturated rings. The molecule has 0 aromatic carbocycles. The minimum atomic E-state index is -0.186. The van der Waals surface area contributed by atoms with Crippen molar-refractivity contribution in [1.82, 2.24) is 20.2 Å². The van der Waals surface area contributed by atoms with Crippen molar-refractivity contribution in [3.05, 3.63) is 17.2 Å². The summed E-state index contributed by atoms with van der Waals surface area (Å²) in [6.07, 6.45) is 1.23. The lowest BCUT2D eigenvalue weighted by Crippen LogP contribution is -2.42. The zero-order chi connectivity index (χ0) is 17.0. The molecule has 0 bridgehead atoms. The number of rotatable bonds is 1. The number of carbonyl (C=O) groups excluding carboxylic acids is 2. The van der Waals surface area contributed by atoms with Gasteiger partial charge in [-0.3, -0.25) is 9.59 Å². The lowest BCUT2D eigenvalue weighted by molar-refractivity contribution is -0.131. The summed E-state index contributed by atoms with van der Waals surface area (Å²) in [6, 6.07) is 0. The van der Waals surface area contributed by atoms with Crippen LogP contribution in [0.25, 0.3) is 0 Å². The predicted octanol–water partition coefficient (Wildman–Crippen LogP) is 1.84. The number of imidazole rings is 1. The van der Waals surface area contributed by atoms with Crippen LogP contribution in [0.2, 0.25) is 0 Å². The van der Waals surface area contributed by atoms with Crippen LogP contribution in [0.1, 0.15) is 69.0 Å². The van der Waals surface area contributed by atoms with Crippen LogP contribution in [0, 0.1) is 5.41 Å². The van der Waals surface area contributed by atoms with Crippen molar-refractivity contribution in [2.45, 2.75) is 58.9 Å². The first kappa shape index (κ1) is 16.0. The summed E-state index contributed by atoms with van der Waals surface area (Å²) in [5.74, 6) is 0.830. The number of H-pyrrole nitrogens is 1. The van der Waals surface area contributed by atoms with E-state index in [0.29, 0.717) is 25.2 Å². The molecule has 23 heavy (non-hydrogen) atoms. The third kappa shape index (κ3) is 2.99. The number of nitrogens with one attached hydrogen (secondary N) is 2. The van der Waals surface area contributed by atoms with Gasteiger partial charge in [-0.05, 0) is 32.6 Å². The summed E-state index contributed by atoms with van der Waals surface area (Å²) >= 11 is 0. The maximum Gasteiger partial charge on any atom is 0.271 e. The topological polar surface area (TPSA) is 78.1 Å². The minimum absolute atomic E-state index is 0.00630. The van der Waals surface area contributed by atoms with E-state index in [0.717, 1.165) is 17.9 Å². The molecule has 1 saturated heterocycles. The number of fused-ring (bicyclic) bond motifs is 1. The molecule has 1 aromatic rings. The van der Waals surface area contributed by atoms with E-state index in [-0.39, 0.29) is 28.7 Å². The first-order valence-electron chi connectivity index (χ1n) is 8.24. The van der Waals surface area contributed by atoms with Gasteiger partial charge in [0.2, 0.25) is 5.91 Å². The monoisotopic (exact) mass is 318 g/mol. The number of hydrogen-bond donors (Lipinski definition) is 2. The Balaban J connectivity index is 1.88. The van der Waals surface area contributed by atoms with Gasteiger partial charge in [0.1, 0.15) is 11.5 Å². The molecule has 0 radical (unpaired) electrons. The number of aromatic amines is 1. The van der Waals surface area contributed by atoms with Gasteiger partial charge in [-0.15, -0.1) is 0 Å². The van der Waals surface area contributed by atoms with Crippen molar-refractivity contribution in [1.29, 1.82) is 0 Å². The van der Waals surface area contributed by atoms with Gasteiger partial charge < -0.3 is 15.2 Å². The molecule has 1 atom stereocenters. The van der Waals surface area contributed by atoms with Gasteiger partial charge in [0, 0.05) is 36.7 Å². The average molecular weight is 318 g/mol. The summed E-state index contributed by atoms with van der Waals surface area (Å²) in [7, 11) is 0. The molecule has 3 heterocycles. The van der Waals surface area contributed by atoms with Crippen molar-refractivity contribution >= 4 is 11.8 Å². The molecule has 0 aliphatic carbocycles. The van der Waals surface area contributed by atoms with E-state index in [1.807, 2.05) is 25.7 Å². The fraction of sp³-hybridized carbons (Fsp3) is 0.706. The Morgan fingerprint density at radius 1 is 1.26 bits per heavy atom. The summed E-state index contributed by atoms with van der Waals surface area (Å²) in [4.78, 5) is 34.3. The molecule has 0 spiro atoms. The maximum atomic E-state index is 12.3. The SMILES string of the molecule is CC1(C)CNC(=O)c2nc(C3CC(=O)N(C(C)(C)C)C3)[nH]c2C1. The van der Waals surface area contributed by atoms with E-state index >= 15 is 0 Å². The number of nitrogens with zero attached hydrogens (tertiary/aromatic N) is 2. The van der Waals surface area contributed by atoms with Crippen LogP contribution < -0.4 is 5.32 Å². The number of aromatic nitrogens is 2.